The summed E-state index contributed by atoms with van der Waals surface area (Å²) in [6.45, 7) is 3.04. The highest BCUT2D eigenvalue weighted by Gasteiger charge is 2.43. The number of hydrogen-bond acceptors (Lipinski definition) is 5. The zero-order chi connectivity index (χ0) is 25.5. The van der Waals surface area contributed by atoms with E-state index in [1.807, 2.05) is 73.7 Å². The van der Waals surface area contributed by atoms with Crippen molar-refractivity contribution < 1.29 is 19.1 Å². The maximum atomic E-state index is 13.4. The molecule has 1 fully saturated rings. The molecule has 1 atom stereocenters. The minimum Gasteiger partial charge on any atom is -0.444 e. The van der Waals surface area contributed by atoms with E-state index >= 15 is 0 Å². The number of nitrogens with zero attached hydrogens (tertiary/aromatic N) is 2. The number of ether oxygens (including phenoxy) is 1. The van der Waals surface area contributed by atoms with Crippen molar-refractivity contribution >= 4 is 17.9 Å². The molecule has 0 aromatic heterocycles. The number of nitrogens with two attached hydrogens (primary N) is 1. The Labute approximate surface area is 210 Å². The summed E-state index contributed by atoms with van der Waals surface area (Å²) in [7, 11) is 0. The number of hydrogen-bond donors (Lipinski definition) is 2. The molecule has 0 aliphatic carbocycles. The SMILES string of the molecule is Cc1ccc(C(=O)N2CCN(C(=O)OCc3ccccc3)C2C(=O)NCc2cccc(CN)c2)cc1. The number of amides is 3. The second-order valence-electron chi connectivity index (χ2n) is 8.71. The molecule has 1 aliphatic rings. The highest BCUT2D eigenvalue weighted by Crippen LogP contribution is 2.21. The summed E-state index contributed by atoms with van der Waals surface area (Å²) >= 11 is 0. The first kappa shape index (κ1) is 24.9. The van der Waals surface area contributed by atoms with E-state index in [9.17, 15) is 14.4 Å². The lowest BCUT2D eigenvalue weighted by Crippen LogP contribution is -2.53. The minimum absolute atomic E-state index is 0.0717. The summed E-state index contributed by atoms with van der Waals surface area (Å²) in [5.74, 6) is -0.776. The second kappa shape index (κ2) is 11.5. The van der Waals surface area contributed by atoms with Crippen LogP contribution in [0.3, 0.4) is 0 Å². The Balaban J connectivity index is 1.52. The number of carbonyl (C=O) groups is 3. The number of nitrogens with one attached hydrogen (secondary N) is 1. The van der Waals surface area contributed by atoms with Gasteiger partial charge < -0.3 is 20.7 Å². The highest BCUT2D eigenvalue weighted by molar-refractivity contribution is 5.99. The van der Waals surface area contributed by atoms with Crippen LogP contribution in [-0.4, -0.2) is 47.0 Å². The third-order valence-electron chi connectivity index (χ3n) is 6.10. The minimum atomic E-state index is -1.13. The largest absolute Gasteiger partial charge is 0.444 e. The first-order valence-corrected chi connectivity index (χ1v) is 11.9. The molecule has 3 aromatic rings. The summed E-state index contributed by atoms with van der Waals surface area (Å²) in [5, 5.41) is 2.87. The topological polar surface area (TPSA) is 105 Å². The molecule has 0 bridgehead atoms. The van der Waals surface area contributed by atoms with Crippen molar-refractivity contribution in [2.75, 3.05) is 13.1 Å². The molecule has 1 heterocycles. The van der Waals surface area contributed by atoms with Gasteiger partial charge in [-0.25, -0.2) is 4.79 Å². The molecular weight excluding hydrogens is 456 g/mol. The summed E-state index contributed by atoms with van der Waals surface area (Å²) in [6.07, 6.45) is -1.77. The standard InChI is InChI=1S/C28H30N4O4/c1-20-10-12-24(13-11-20)27(34)31-14-15-32(28(35)36-19-21-6-3-2-4-7-21)26(31)25(33)30-18-23-9-5-8-22(16-23)17-29/h2-13,16,26H,14-15,17-19,29H2,1H3,(H,30,33). The number of aryl methyl sites for hydroxylation is 1. The third-order valence-corrected chi connectivity index (χ3v) is 6.10. The van der Waals surface area contributed by atoms with E-state index in [1.54, 1.807) is 12.1 Å². The first-order valence-electron chi connectivity index (χ1n) is 11.9. The van der Waals surface area contributed by atoms with Crippen molar-refractivity contribution in [3.05, 3.63) is 107 Å². The molecule has 1 aliphatic heterocycles. The molecule has 1 unspecified atom stereocenters. The van der Waals surface area contributed by atoms with E-state index in [0.717, 1.165) is 22.3 Å². The van der Waals surface area contributed by atoms with Crippen LogP contribution in [0.25, 0.3) is 0 Å². The van der Waals surface area contributed by atoms with Crippen LogP contribution in [0.4, 0.5) is 4.79 Å². The van der Waals surface area contributed by atoms with Crippen molar-refractivity contribution in [3.8, 4) is 0 Å². The summed E-state index contributed by atoms with van der Waals surface area (Å²) < 4.78 is 5.49. The Morgan fingerprint density at radius 2 is 1.56 bits per heavy atom. The van der Waals surface area contributed by atoms with Crippen molar-refractivity contribution in [1.29, 1.82) is 0 Å². The van der Waals surface area contributed by atoms with Crippen LogP contribution < -0.4 is 11.1 Å². The van der Waals surface area contributed by atoms with E-state index < -0.39 is 18.2 Å². The Kier molecular flexibility index (Phi) is 7.97. The van der Waals surface area contributed by atoms with Gasteiger partial charge in [0.25, 0.3) is 11.8 Å². The van der Waals surface area contributed by atoms with Crippen molar-refractivity contribution in [2.45, 2.75) is 32.8 Å². The lowest BCUT2D eigenvalue weighted by atomic mass is 10.1. The molecule has 3 amide bonds. The van der Waals surface area contributed by atoms with Crippen LogP contribution in [0.5, 0.6) is 0 Å². The predicted octanol–water partition coefficient (Wildman–Crippen LogP) is 3.19. The highest BCUT2D eigenvalue weighted by atomic mass is 16.6. The van der Waals surface area contributed by atoms with Crippen LogP contribution in [0.15, 0.2) is 78.9 Å². The van der Waals surface area contributed by atoms with Crippen LogP contribution >= 0.6 is 0 Å². The second-order valence-corrected chi connectivity index (χ2v) is 8.71. The van der Waals surface area contributed by atoms with Crippen LogP contribution in [0, 0.1) is 6.92 Å². The summed E-state index contributed by atoms with van der Waals surface area (Å²) in [4.78, 5) is 42.5. The lowest BCUT2D eigenvalue weighted by molar-refractivity contribution is -0.128. The van der Waals surface area contributed by atoms with Gasteiger partial charge in [0.05, 0.1) is 0 Å². The van der Waals surface area contributed by atoms with Crippen LogP contribution in [-0.2, 0) is 29.2 Å². The fourth-order valence-electron chi connectivity index (χ4n) is 4.13. The van der Waals surface area contributed by atoms with Gasteiger partial charge in [0, 0.05) is 31.7 Å². The Hall–Kier alpha value is -4.17. The first-order chi connectivity index (χ1) is 17.5. The van der Waals surface area contributed by atoms with Gasteiger partial charge in [-0.2, -0.15) is 0 Å². The molecule has 3 aromatic carbocycles. The maximum Gasteiger partial charge on any atom is 0.412 e. The van der Waals surface area contributed by atoms with Crippen LogP contribution in [0.1, 0.15) is 32.6 Å². The molecule has 1 saturated heterocycles. The molecular formula is C28H30N4O4. The molecule has 8 heteroatoms. The van der Waals surface area contributed by atoms with Crippen molar-refractivity contribution in [1.82, 2.24) is 15.1 Å². The molecule has 0 saturated carbocycles. The number of benzene rings is 3. The smallest absolute Gasteiger partial charge is 0.412 e. The zero-order valence-corrected chi connectivity index (χ0v) is 20.2. The van der Waals surface area contributed by atoms with Gasteiger partial charge in [-0.15, -0.1) is 0 Å². The van der Waals surface area contributed by atoms with E-state index in [2.05, 4.69) is 5.32 Å². The van der Waals surface area contributed by atoms with Gasteiger partial charge in [0.15, 0.2) is 6.17 Å². The van der Waals surface area contributed by atoms with Gasteiger partial charge in [-0.3, -0.25) is 14.5 Å². The molecule has 4 rings (SSSR count). The quantitative estimate of drug-likeness (QED) is 0.534. The summed E-state index contributed by atoms with van der Waals surface area (Å²) in [5.41, 5.74) is 9.85. The monoisotopic (exact) mass is 486 g/mol. The molecule has 3 N–H and O–H groups in total. The maximum absolute atomic E-state index is 13.4. The fourth-order valence-corrected chi connectivity index (χ4v) is 4.13. The average molecular weight is 487 g/mol. The van der Waals surface area contributed by atoms with Gasteiger partial charge in [0.2, 0.25) is 0 Å². The number of carbonyl (C=O) groups excluding carboxylic acids is 3. The Morgan fingerprint density at radius 1 is 0.889 bits per heavy atom. The molecule has 186 valence electrons. The summed E-state index contributed by atoms with van der Waals surface area (Å²) in [6, 6.07) is 24.0. The van der Waals surface area contributed by atoms with E-state index in [0.29, 0.717) is 12.1 Å². The molecule has 8 nitrogen and oxygen atoms in total. The number of rotatable bonds is 7. The van der Waals surface area contributed by atoms with Crippen LogP contribution in [0.2, 0.25) is 0 Å². The van der Waals surface area contributed by atoms with E-state index in [4.69, 9.17) is 10.5 Å². The molecule has 0 radical (unpaired) electrons. The van der Waals surface area contributed by atoms with Gasteiger partial charge in [-0.1, -0.05) is 72.3 Å². The molecule has 36 heavy (non-hydrogen) atoms. The molecule has 0 spiro atoms. The van der Waals surface area contributed by atoms with E-state index in [-0.39, 0.29) is 32.1 Å². The van der Waals surface area contributed by atoms with Gasteiger partial charge in [-0.05, 0) is 35.7 Å². The average Bonchev–Trinajstić information content (AvgIpc) is 3.36. The Bertz CT molecular complexity index is 1210. The van der Waals surface area contributed by atoms with Crippen molar-refractivity contribution in [2.24, 2.45) is 5.73 Å². The Morgan fingerprint density at radius 3 is 2.28 bits per heavy atom. The van der Waals surface area contributed by atoms with Gasteiger partial charge in [0.1, 0.15) is 6.61 Å². The third kappa shape index (κ3) is 5.90. The fraction of sp³-hybridized carbons (Fsp3) is 0.250. The van der Waals surface area contributed by atoms with Crippen molar-refractivity contribution in [3.63, 3.8) is 0 Å². The van der Waals surface area contributed by atoms with E-state index in [1.165, 1.54) is 9.80 Å². The zero-order valence-electron chi connectivity index (χ0n) is 20.2. The lowest BCUT2D eigenvalue weighted by Gasteiger charge is -2.28. The van der Waals surface area contributed by atoms with Gasteiger partial charge >= 0.3 is 6.09 Å². The predicted molar refractivity (Wildman–Crippen MR) is 136 cm³/mol. The normalized spacial score (nSPS) is 15.0.